The fourth-order valence-electron chi connectivity index (χ4n) is 2.37. The lowest BCUT2D eigenvalue weighted by atomic mass is 9.73. The maximum Gasteiger partial charge on any atom is 0.321 e. The maximum atomic E-state index is 12.2. The van der Waals surface area contributed by atoms with Crippen LogP contribution in [0.3, 0.4) is 0 Å². The molecule has 0 radical (unpaired) electrons. The average Bonchev–Trinajstić information content (AvgIpc) is 2.40. The minimum Gasteiger partial charge on any atom is -0.465 e. The van der Waals surface area contributed by atoms with Crippen LogP contribution in [0.15, 0.2) is 18.4 Å². The van der Waals surface area contributed by atoms with Crippen molar-refractivity contribution in [1.29, 1.82) is 0 Å². The molecule has 0 bridgehead atoms. The number of ether oxygens (including phenoxy) is 2. The molecular weight excluding hydrogens is 268 g/mol. The molecule has 1 unspecified atom stereocenters. The lowest BCUT2D eigenvalue weighted by Crippen LogP contribution is -2.40. The Morgan fingerprint density at radius 1 is 1.14 bits per heavy atom. The van der Waals surface area contributed by atoms with Crippen LogP contribution in [0, 0.1) is 11.3 Å². The van der Waals surface area contributed by atoms with Crippen molar-refractivity contribution in [3.8, 4) is 0 Å². The van der Waals surface area contributed by atoms with Crippen LogP contribution in [0.25, 0.3) is 0 Å². The van der Waals surface area contributed by atoms with Crippen LogP contribution in [-0.2, 0) is 19.1 Å². The van der Waals surface area contributed by atoms with Gasteiger partial charge in [-0.25, -0.2) is 0 Å². The first-order valence-corrected chi connectivity index (χ1v) is 7.67. The smallest absolute Gasteiger partial charge is 0.321 e. The highest BCUT2D eigenvalue weighted by atomic mass is 16.6. The number of allylic oxidation sites excluding steroid dienone is 1. The number of carbonyl (C=O) groups excluding carboxylic acids is 2. The van der Waals surface area contributed by atoms with Crippen molar-refractivity contribution in [1.82, 2.24) is 0 Å². The second-order valence-electron chi connectivity index (χ2n) is 5.25. The van der Waals surface area contributed by atoms with Gasteiger partial charge in [-0.2, -0.15) is 0 Å². The predicted molar refractivity (Wildman–Crippen MR) is 82.7 cm³/mol. The first-order chi connectivity index (χ1) is 9.96. The SMILES string of the molecule is C=C=CC(C)(CCCCC)C(C(=O)OCC)C(=O)OCC. The van der Waals surface area contributed by atoms with Crippen molar-refractivity contribution in [2.75, 3.05) is 13.2 Å². The molecule has 1 atom stereocenters. The molecule has 0 heterocycles. The van der Waals surface area contributed by atoms with Gasteiger partial charge in [-0.05, 0) is 26.3 Å². The Bertz CT molecular complexity index is 364. The Morgan fingerprint density at radius 3 is 2.05 bits per heavy atom. The predicted octanol–water partition coefficient (Wildman–Crippen LogP) is 3.66. The van der Waals surface area contributed by atoms with Crippen molar-refractivity contribution in [2.45, 2.75) is 53.4 Å². The van der Waals surface area contributed by atoms with E-state index in [1.54, 1.807) is 19.9 Å². The zero-order valence-electron chi connectivity index (χ0n) is 13.7. The molecule has 0 fully saturated rings. The molecule has 4 nitrogen and oxygen atoms in total. The van der Waals surface area contributed by atoms with Crippen LogP contribution >= 0.6 is 0 Å². The summed E-state index contributed by atoms with van der Waals surface area (Å²) in [6, 6.07) is 0. The van der Waals surface area contributed by atoms with Gasteiger partial charge in [-0.1, -0.05) is 39.7 Å². The first-order valence-electron chi connectivity index (χ1n) is 7.67. The van der Waals surface area contributed by atoms with E-state index in [-0.39, 0.29) is 13.2 Å². The zero-order valence-corrected chi connectivity index (χ0v) is 13.7. The quantitative estimate of drug-likeness (QED) is 0.267. The fourth-order valence-corrected chi connectivity index (χ4v) is 2.37. The highest BCUT2D eigenvalue weighted by Gasteiger charge is 2.44. The number of hydrogen-bond acceptors (Lipinski definition) is 4. The van der Waals surface area contributed by atoms with E-state index in [1.807, 2.05) is 6.92 Å². The largest absolute Gasteiger partial charge is 0.465 e. The first kappa shape index (κ1) is 19.5. The average molecular weight is 296 g/mol. The van der Waals surface area contributed by atoms with Crippen LogP contribution in [0.5, 0.6) is 0 Å². The fraction of sp³-hybridized carbons (Fsp3) is 0.706. The van der Waals surface area contributed by atoms with Gasteiger partial charge in [0.1, 0.15) is 0 Å². The summed E-state index contributed by atoms with van der Waals surface area (Å²) in [5.41, 5.74) is 2.03. The van der Waals surface area contributed by atoms with Crippen LogP contribution in [0.4, 0.5) is 0 Å². The minimum absolute atomic E-state index is 0.234. The summed E-state index contributed by atoms with van der Waals surface area (Å²) in [6.07, 6.45) is 5.41. The van der Waals surface area contributed by atoms with Gasteiger partial charge in [0.25, 0.3) is 0 Å². The van der Waals surface area contributed by atoms with Gasteiger partial charge in [-0.15, -0.1) is 5.73 Å². The molecule has 0 aliphatic rings. The van der Waals surface area contributed by atoms with E-state index < -0.39 is 23.3 Å². The van der Waals surface area contributed by atoms with Crippen molar-refractivity contribution in [2.24, 2.45) is 11.3 Å². The zero-order chi connectivity index (χ0) is 16.3. The van der Waals surface area contributed by atoms with Crippen LogP contribution < -0.4 is 0 Å². The number of hydrogen-bond donors (Lipinski definition) is 0. The van der Waals surface area contributed by atoms with Gasteiger partial charge in [0.05, 0.1) is 13.2 Å². The Morgan fingerprint density at radius 2 is 1.67 bits per heavy atom. The molecule has 0 amide bonds. The maximum absolute atomic E-state index is 12.2. The molecule has 21 heavy (non-hydrogen) atoms. The van der Waals surface area contributed by atoms with E-state index in [0.717, 1.165) is 19.3 Å². The Labute approximate surface area is 128 Å². The van der Waals surface area contributed by atoms with E-state index in [1.165, 1.54) is 0 Å². The topological polar surface area (TPSA) is 52.6 Å². The standard InChI is InChI=1S/C17H28O4/c1-6-10-11-13-17(5,12-7-2)14(15(18)20-8-3)16(19)21-9-4/h12,14H,2,6,8-11,13H2,1,3-5H3. The number of esters is 2. The molecule has 0 rings (SSSR count). The number of carbonyl (C=O) groups is 2. The van der Waals surface area contributed by atoms with Gasteiger partial charge in [0, 0.05) is 5.41 Å². The van der Waals surface area contributed by atoms with E-state index in [2.05, 4.69) is 19.2 Å². The van der Waals surface area contributed by atoms with Crippen LogP contribution in [-0.4, -0.2) is 25.2 Å². The van der Waals surface area contributed by atoms with Gasteiger partial charge in [-0.3, -0.25) is 9.59 Å². The van der Waals surface area contributed by atoms with Gasteiger partial charge < -0.3 is 9.47 Å². The van der Waals surface area contributed by atoms with E-state index in [9.17, 15) is 9.59 Å². The Kier molecular flexibility index (Phi) is 9.48. The van der Waals surface area contributed by atoms with E-state index in [0.29, 0.717) is 6.42 Å². The summed E-state index contributed by atoms with van der Waals surface area (Å²) in [4.78, 5) is 24.4. The molecule has 0 saturated heterocycles. The summed E-state index contributed by atoms with van der Waals surface area (Å²) in [7, 11) is 0. The Hall–Kier alpha value is -1.54. The van der Waals surface area contributed by atoms with Crippen LogP contribution in [0.1, 0.15) is 53.4 Å². The third kappa shape index (κ3) is 6.17. The molecule has 0 aliphatic heterocycles. The van der Waals surface area contributed by atoms with E-state index in [4.69, 9.17) is 9.47 Å². The van der Waals surface area contributed by atoms with Gasteiger partial charge in [0.15, 0.2) is 5.92 Å². The minimum atomic E-state index is -0.969. The second kappa shape index (κ2) is 10.2. The molecule has 0 saturated carbocycles. The van der Waals surface area contributed by atoms with Crippen molar-refractivity contribution in [3.63, 3.8) is 0 Å². The monoisotopic (exact) mass is 296 g/mol. The van der Waals surface area contributed by atoms with Gasteiger partial charge in [0.2, 0.25) is 0 Å². The third-order valence-electron chi connectivity index (χ3n) is 3.45. The summed E-state index contributed by atoms with van der Waals surface area (Å²) >= 11 is 0. The molecule has 0 spiro atoms. The summed E-state index contributed by atoms with van der Waals surface area (Å²) < 4.78 is 10.1. The lowest BCUT2D eigenvalue weighted by Gasteiger charge is -2.31. The summed E-state index contributed by atoms with van der Waals surface area (Å²) in [5.74, 6) is -2.05. The van der Waals surface area contributed by atoms with Crippen molar-refractivity contribution < 1.29 is 19.1 Å². The molecule has 0 aromatic rings. The normalized spacial score (nSPS) is 13.2. The van der Waals surface area contributed by atoms with Crippen molar-refractivity contribution in [3.05, 3.63) is 18.4 Å². The molecule has 0 aromatic carbocycles. The van der Waals surface area contributed by atoms with Crippen molar-refractivity contribution >= 4 is 11.9 Å². The molecule has 0 aromatic heterocycles. The lowest BCUT2D eigenvalue weighted by molar-refractivity contribution is -0.166. The highest BCUT2D eigenvalue weighted by molar-refractivity contribution is 5.96. The molecular formula is C17H28O4. The van der Waals surface area contributed by atoms with E-state index >= 15 is 0 Å². The van der Waals surface area contributed by atoms with Crippen LogP contribution in [0.2, 0.25) is 0 Å². The second-order valence-corrected chi connectivity index (χ2v) is 5.25. The Balaban J connectivity index is 5.39. The number of rotatable bonds is 10. The highest BCUT2D eigenvalue weighted by Crippen LogP contribution is 2.36. The molecule has 0 N–H and O–H groups in total. The van der Waals surface area contributed by atoms with Gasteiger partial charge >= 0.3 is 11.9 Å². The molecule has 4 heteroatoms. The summed E-state index contributed by atoms with van der Waals surface area (Å²) in [6.45, 7) is 11.5. The molecule has 0 aliphatic carbocycles. The molecule has 120 valence electrons. The third-order valence-corrected chi connectivity index (χ3v) is 3.45. The number of unbranched alkanes of at least 4 members (excludes halogenated alkanes) is 2. The summed E-state index contributed by atoms with van der Waals surface area (Å²) in [5, 5.41) is 0.